The molecule has 9 heteroatoms. The molecule has 1 fully saturated rings. The monoisotopic (exact) mass is 461 g/mol. The van der Waals surface area contributed by atoms with Crippen LogP contribution in [0.4, 0.5) is 11.4 Å². The Bertz CT molecular complexity index is 1020. The summed E-state index contributed by atoms with van der Waals surface area (Å²) in [4.78, 5) is 24.4. The van der Waals surface area contributed by atoms with Crippen molar-refractivity contribution in [2.45, 2.75) is 31.1 Å². The molecule has 0 aliphatic carbocycles. The maximum atomic E-state index is 12.7. The highest BCUT2D eigenvalue weighted by Gasteiger charge is 2.25. The van der Waals surface area contributed by atoms with Crippen molar-refractivity contribution in [3.8, 4) is 0 Å². The Kier molecular flexibility index (Phi) is 8.11. The zero-order valence-electron chi connectivity index (χ0n) is 17.5. The van der Waals surface area contributed by atoms with E-state index in [9.17, 15) is 18.0 Å². The van der Waals surface area contributed by atoms with Crippen molar-refractivity contribution in [2.75, 3.05) is 35.2 Å². The van der Waals surface area contributed by atoms with Crippen LogP contribution in [0.5, 0.6) is 0 Å². The zero-order chi connectivity index (χ0) is 22.3. The van der Waals surface area contributed by atoms with E-state index >= 15 is 0 Å². The summed E-state index contributed by atoms with van der Waals surface area (Å²) in [5.74, 6) is -0.139. The summed E-state index contributed by atoms with van der Waals surface area (Å²) in [5, 5.41) is 5.53. The molecule has 0 aromatic heterocycles. The summed E-state index contributed by atoms with van der Waals surface area (Å²) in [6, 6.07) is 13.7. The Morgan fingerprint density at radius 3 is 2.13 bits per heavy atom. The second-order valence-electron chi connectivity index (χ2n) is 7.45. The number of thioether (sulfide) groups is 1. The van der Waals surface area contributed by atoms with E-state index < -0.39 is 10.0 Å². The Hall–Kier alpha value is -2.36. The topological polar surface area (TPSA) is 95.6 Å². The predicted octanol–water partition coefficient (Wildman–Crippen LogP) is 3.48. The first kappa shape index (κ1) is 23.3. The lowest BCUT2D eigenvalue weighted by atomic mass is 10.2. The number of amides is 2. The van der Waals surface area contributed by atoms with Gasteiger partial charge in [0.15, 0.2) is 0 Å². The summed E-state index contributed by atoms with van der Waals surface area (Å²) in [6.45, 7) is 3.05. The number of piperidine rings is 1. The summed E-state index contributed by atoms with van der Waals surface area (Å²) in [5.41, 5.74) is 2.31. The van der Waals surface area contributed by atoms with Crippen molar-refractivity contribution in [3.05, 3.63) is 54.1 Å². The van der Waals surface area contributed by atoms with Crippen LogP contribution >= 0.6 is 11.8 Å². The third-order valence-corrected chi connectivity index (χ3v) is 7.70. The Morgan fingerprint density at radius 2 is 1.52 bits per heavy atom. The normalized spacial score (nSPS) is 14.7. The van der Waals surface area contributed by atoms with Gasteiger partial charge in [-0.1, -0.05) is 18.6 Å². The largest absolute Gasteiger partial charge is 0.325 e. The van der Waals surface area contributed by atoms with Gasteiger partial charge in [0.05, 0.1) is 16.4 Å². The first-order chi connectivity index (χ1) is 14.8. The Morgan fingerprint density at radius 1 is 0.903 bits per heavy atom. The third-order valence-electron chi connectivity index (χ3n) is 4.86. The number of hydrogen-bond donors (Lipinski definition) is 2. The SMILES string of the molecule is Cc1cccc(NC(=O)CSCC(=O)Nc2ccc(S(=O)(=O)N3CCCCC3)cc2)c1. The molecular weight excluding hydrogens is 434 g/mol. The summed E-state index contributed by atoms with van der Waals surface area (Å²) < 4.78 is 26.9. The molecule has 0 radical (unpaired) electrons. The van der Waals surface area contributed by atoms with Gasteiger partial charge >= 0.3 is 0 Å². The number of carbonyl (C=O) groups is 2. The van der Waals surface area contributed by atoms with Crippen molar-refractivity contribution in [2.24, 2.45) is 0 Å². The van der Waals surface area contributed by atoms with Gasteiger partial charge in [-0.25, -0.2) is 8.42 Å². The molecule has 0 saturated carbocycles. The fourth-order valence-electron chi connectivity index (χ4n) is 3.32. The van der Waals surface area contributed by atoms with Crippen LogP contribution < -0.4 is 10.6 Å². The molecule has 166 valence electrons. The van der Waals surface area contributed by atoms with Gasteiger partial charge in [0.1, 0.15) is 0 Å². The molecule has 2 aromatic rings. The van der Waals surface area contributed by atoms with E-state index in [0.717, 1.165) is 30.5 Å². The van der Waals surface area contributed by atoms with Crippen molar-refractivity contribution in [1.82, 2.24) is 4.31 Å². The van der Waals surface area contributed by atoms with Gasteiger partial charge in [-0.2, -0.15) is 4.31 Å². The molecule has 31 heavy (non-hydrogen) atoms. The number of anilines is 2. The van der Waals surface area contributed by atoms with Gasteiger partial charge in [-0.05, 0) is 61.7 Å². The van der Waals surface area contributed by atoms with Crippen LogP contribution in [0.3, 0.4) is 0 Å². The summed E-state index contributed by atoms with van der Waals surface area (Å²) in [6.07, 6.45) is 2.82. The molecule has 0 bridgehead atoms. The van der Waals surface area contributed by atoms with Gasteiger partial charge in [-0.3, -0.25) is 9.59 Å². The highest BCUT2D eigenvalue weighted by Crippen LogP contribution is 2.22. The van der Waals surface area contributed by atoms with Crippen molar-refractivity contribution in [3.63, 3.8) is 0 Å². The number of carbonyl (C=O) groups excluding carboxylic acids is 2. The third kappa shape index (κ3) is 6.81. The average molecular weight is 462 g/mol. The van der Waals surface area contributed by atoms with Crippen molar-refractivity contribution in [1.29, 1.82) is 0 Å². The first-order valence-corrected chi connectivity index (χ1v) is 12.8. The van der Waals surface area contributed by atoms with Gasteiger partial charge in [0.25, 0.3) is 0 Å². The van der Waals surface area contributed by atoms with E-state index in [1.54, 1.807) is 12.1 Å². The van der Waals surface area contributed by atoms with Gasteiger partial charge in [0, 0.05) is 24.5 Å². The molecule has 0 atom stereocenters. The molecule has 3 rings (SSSR count). The lowest BCUT2D eigenvalue weighted by Gasteiger charge is -2.25. The molecule has 7 nitrogen and oxygen atoms in total. The molecule has 2 aromatic carbocycles. The minimum atomic E-state index is -3.49. The van der Waals surface area contributed by atoms with E-state index in [2.05, 4.69) is 10.6 Å². The molecule has 0 spiro atoms. The Labute approximate surface area is 187 Å². The van der Waals surface area contributed by atoms with Gasteiger partial charge in [-0.15, -0.1) is 11.8 Å². The van der Waals surface area contributed by atoms with E-state index in [-0.39, 0.29) is 28.2 Å². The van der Waals surface area contributed by atoms with Gasteiger partial charge < -0.3 is 10.6 Å². The fourth-order valence-corrected chi connectivity index (χ4v) is 5.45. The lowest BCUT2D eigenvalue weighted by Crippen LogP contribution is -2.35. The maximum Gasteiger partial charge on any atom is 0.243 e. The van der Waals surface area contributed by atoms with Crippen LogP contribution in [0.1, 0.15) is 24.8 Å². The molecule has 1 heterocycles. The van der Waals surface area contributed by atoms with Crippen LogP contribution in [0, 0.1) is 6.92 Å². The number of aryl methyl sites for hydroxylation is 1. The minimum absolute atomic E-state index is 0.120. The number of nitrogens with zero attached hydrogens (tertiary/aromatic N) is 1. The molecular formula is C22H27N3O4S2. The number of rotatable bonds is 8. The maximum absolute atomic E-state index is 12.7. The summed E-state index contributed by atoms with van der Waals surface area (Å²) in [7, 11) is -3.49. The zero-order valence-corrected chi connectivity index (χ0v) is 19.1. The van der Waals surface area contributed by atoms with Crippen LogP contribution in [-0.2, 0) is 19.6 Å². The predicted molar refractivity (Wildman–Crippen MR) is 125 cm³/mol. The first-order valence-electron chi connectivity index (χ1n) is 10.2. The molecule has 1 aliphatic rings. The fraction of sp³-hybridized carbons (Fsp3) is 0.364. The highest BCUT2D eigenvalue weighted by molar-refractivity contribution is 8.00. The Balaban J connectivity index is 1.44. The average Bonchev–Trinajstić information content (AvgIpc) is 2.75. The molecule has 2 amide bonds. The van der Waals surface area contributed by atoms with E-state index in [1.165, 1.54) is 28.2 Å². The van der Waals surface area contributed by atoms with Crippen LogP contribution in [0.2, 0.25) is 0 Å². The second kappa shape index (κ2) is 10.8. The number of nitrogens with one attached hydrogen (secondary N) is 2. The van der Waals surface area contributed by atoms with E-state index in [1.807, 2.05) is 31.2 Å². The number of sulfonamides is 1. The standard InChI is InChI=1S/C22H27N3O4S2/c1-17-6-5-7-19(14-17)24-22(27)16-30-15-21(26)23-18-8-10-20(11-9-18)31(28,29)25-12-3-2-4-13-25/h5-11,14H,2-4,12-13,15-16H2,1H3,(H,23,26)(H,24,27). The van der Waals surface area contributed by atoms with E-state index in [0.29, 0.717) is 18.8 Å². The number of hydrogen-bond acceptors (Lipinski definition) is 5. The molecule has 1 saturated heterocycles. The van der Waals surface area contributed by atoms with Crippen LogP contribution in [0.15, 0.2) is 53.4 Å². The molecule has 1 aliphatic heterocycles. The van der Waals surface area contributed by atoms with Gasteiger partial charge in [0.2, 0.25) is 21.8 Å². The number of benzene rings is 2. The lowest BCUT2D eigenvalue weighted by molar-refractivity contribution is -0.114. The van der Waals surface area contributed by atoms with E-state index in [4.69, 9.17) is 0 Å². The molecule has 0 unspecified atom stereocenters. The van der Waals surface area contributed by atoms with Crippen molar-refractivity contribution < 1.29 is 18.0 Å². The van der Waals surface area contributed by atoms with Crippen LogP contribution in [-0.4, -0.2) is 49.1 Å². The van der Waals surface area contributed by atoms with Crippen molar-refractivity contribution >= 4 is 45.0 Å². The quantitative estimate of drug-likeness (QED) is 0.628. The minimum Gasteiger partial charge on any atom is -0.325 e. The molecule has 2 N–H and O–H groups in total. The highest BCUT2D eigenvalue weighted by atomic mass is 32.2. The second-order valence-corrected chi connectivity index (χ2v) is 10.4. The van der Waals surface area contributed by atoms with Crippen LogP contribution in [0.25, 0.3) is 0 Å². The summed E-state index contributed by atoms with van der Waals surface area (Å²) >= 11 is 1.21. The smallest absolute Gasteiger partial charge is 0.243 e.